The molecule has 4 heteroatoms. The van der Waals surface area contributed by atoms with E-state index >= 15 is 0 Å². The molecule has 1 aliphatic rings. The van der Waals surface area contributed by atoms with Gasteiger partial charge >= 0.3 is 0 Å². The molecule has 0 N–H and O–H groups in total. The largest absolute Gasteiger partial charge is 0.469 e. The van der Waals surface area contributed by atoms with Crippen molar-refractivity contribution in [2.45, 2.75) is 18.9 Å². The summed E-state index contributed by atoms with van der Waals surface area (Å²) in [6.07, 6.45) is 4.26. The predicted octanol–water partition coefficient (Wildman–Crippen LogP) is 3.85. The van der Waals surface area contributed by atoms with Gasteiger partial charge in [0.2, 0.25) is 0 Å². The first-order chi connectivity index (χ1) is 11.8. The number of amides is 1. The van der Waals surface area contributed by atoms with Gasteiger partial charge in [0.1, 0.15) is 5.76 Å². The standard InChI is InChI=1S/C20H18N2O2/c23-20-17-8-4-11-21-18(17)14-22(20)12-10-16(19-9-5-13-24-19)15-6-2-1-3-7-15/h1-9,11,13,16H,10,12,14H2. The summed E-state index contributed by atoms with van der Waals surface area (Å²) in [7, 11) is 0. The molecule has 3 aromatic rings. The van der Waals surface area contributed by atoms with Crippen molar-refractivity contribution in [1.29, 1.82) is 0 Å². The topological polar surface area (TPSA) is 46.3 Å². The molecule has 1 aromatic carbocycles. The van der Waals surface area contributed by atoms with Gasteiger partial charge < -0.3 is 9.32 Å². The molecular formula is C20H18N2O2. The summed E-state index contributed by atoms with van der Waals surface area (Å²) in [5, 5.41) is 0. The van der Waals surface area contributed by atoms with Crippen molar-refractivity contribution in [3.8, 4) is 0 Å². The van der Waals surface area contributed by atoms with Gasteiger partial charge in [0.05, 0.1) is 24.1 Å². The Hall–Kier alpha value is -2.88. The second kappa shape index (κ2) is 6.32. The molecule has 4 rings (SSSR count). The number of furan rings is 1. The highest BCUT2D eigenvalue weighted by Crippen LogP contribution is 2.30. The number of rotatable bonds is 5. The molecule has 2 aromatic heterocycles. The van der Waals surface area contributed by atoms with E-state index in [2.05, 4.69) is 17.1 Å². The van der Waals surface area contributed by atoms with E-state index in [1.807, 2.05) is 47.4 Å². The molecule has 1 unspecified atom stereocenters. The second-order valence-electron chi connectivity index (χ2n) is 5.99. The Morgan fingerprint density at radius 3 is 2.71 bits per heavy atom. The minimum Gasteiger partial charge on any atom is -0.469 e. The number of benzene rings is 1. The van der Waals surface area contributed by atoms with E-state index < -0.39 is 0 Å². The highest BCUT2D eigenvalue weighted by Gasteiger charge is 2.29. The van der Waals surface area contributed by atoms with Gasteiger partial charge in [-0.05, 0) is 36.2 Å². The van der Waals surface area contributed by atoms with Crippen molar-refractivity contribution in [3.05, 3.63) is 89.6 Å². The molecule has 1 atom stereocenters. The molecular weight excluding hydrogens is 300 g/mol. The lowest BCUT2D eigenvalue weighted by Crippen LogP contribution is -2.26. The lowest BCUT2D eigenvalue weighted by atomic mass is 9.93. The van der Waals surface area contributed by atoms with Crippen molar-refractivity contribution in [2.24, 2.45) is 0 Å². The van der Waals surface area contributed by atoms with Crippen LogP contribution < -0.4 is 0 Å². The van der Waals surface area contributed by atoms with Crippen molar-refractivity contribution in [2.75, 3.05) is 6.54 Å². The van der Waals surface area contributed by atoms with E-state index in [1.54, 1.807) is 12.5 Å². The summed E-state index contributed by atoms with van der Waals surface area (Å²) in [4.78, 5) is 18.7. The SMILES string of the molecule is O=C1c2cccnc2CN1CCC(c1ccccc1)c1ccco1. The third kappa shape index (κ3) is 2.71. The van der Waals surface area contributed by atoms with E-state index in [0.717, 1.165) is 23.4 Å². The summed E-state index contributed by atoms with van der Waals surface area (Å²) < 4.78 is 5.64. The molecule has 1 amide bonds. The number of aromatic nitrogens is 1. The lowest BCUT2D eigenvalue weighted by Gasteiger charge is -2.20. The molecule has 1 aliphatic heterocycles. The second-order valence-corrected chi connectivity index (χ2v) is 5.99. The first-order valence-corrected chi connectivity index (χ1v) is 8.14. The summed E-state index contributed by atoms with van der Waals surface area (Å²) >= 11 is 0. The fraction of sp³-hybridized carbons (Fsp3) is 0.200. The van der Waals surface area contributed by atoms with Crippen molar-refractivity contribution < 1.29 is 9.21 Å². The number of nitrogens with zero attached hydrogens (tertiary/aromatic N) is 2. The Balaban J connectivity index is 1.52. The molecule has 4 nitrogen and oxygen atoms in total. The monoisotopic (exact) mass is 318 g/mol. The number of hydrogen-bond acceptors (Lipinski definition) is 3. The summed E-state index contributed by atoms with van der Waals surface area (Å²) in [5.41, 5.74) is 2.80. The minimum atomic E-state index is 0.0735. The Bertz CT molecular complexity index is 828. The van der Waals surface area contributed by atoms with Crippen LogP contribution in [0, 0.1) is 0 Å². The predicted molar refractivity (Wildman–Crippen MR) is 90.6 cm³/mol. The van der Waals surface area contributed by atoms with E-state index in [9.17, 15) is 4.79 Å². The molecule has 0 bridgehead atoms. The number of fused-ring (bicyclic) bond motifs is 1. The summed E-state index contributed by atoms with van der Waals surface area (Å²) in [6.45, 7) is 1.27. The van der Waals surface area contributed by atoms with Gasteiger partial charge in [0.15, 0.2) is 0 Å². The Morgan fingerprint density at radius 2 is 1.96 bits per heavy atom. The summed E-state index contributed by atoms with van der Waals surface area (Å²) in [6, 6.07) is 17.9. The normalized spacial score (nSPS) is 14.7. The van der Waals surface area contributed by atoms with E-state index in [0.29, 0.717) is 13.1 Å². The third-order valence-corrected chi connectivity index (χ3v) is 4.52. The number of pyridine rings is 1. The molecule has 0 radical (unpaired) electrons. The molecule has 120 valence electrons. The van der Waals surface area contributed by atoms with Gasteiger partial charge in [-0.2, -0.15) is 0 Å². The Kier molecular flexibility index (Phi) is 3.87. The van der Waals surface area contributed by atoms with Crippen LogP contribution in [-0.2, 0) is 6.54 Å². The highest BCUT2D eigenvalue weighted by molar-refractivity contribution is 5.97. The fourth-order valence-electron chi connectivity index (χ4n) is 3.30. The van der Waals surface area contributed by atoms with Crippen LogP contribution >= 0.6 is 0 Å². The van der Waals surface area contributed by atoms with Gasteiger partial charge in [0.25, 0.3) is 5.91 Å². The van der Waals surface area contributed by atoms with Crippen LogP contribution in [0.3, 0.4) is 0 Å². The molecule has 0 saturated heterocycles. The lowest BCUT2D eigenvalue weighted by molar-refractivity contribution is 0.0773. The maximum atomic E-state index is 12.5. The van der Waals surface area contributed by atoms with Crippen molar-refractivity contribution in [3.63, 3.8) is 0 Å². The van der Waals surface area contributed by atoms with Crippen LogP contribution in [0.1, 0.15) is 39.7 Å². The van der Waals surface area contributed by atoms with Crippen LogP contribution in [0.15, 0.2) is 71.5 Å². The fourth-order valence-corrected chi connectivity index (χ4v) is 3.30. The van der Waals surface area contributed by atoms with Crippen molar-refractivity contribution >= 4 is 5.91 Å². The number of hydrogen-bond donors (Lipinski definition) is 0. The average Bonchev–Trinajstić information content (AvgIpc) is 3.26. The Morgan fingerprint density at radius 1 is 1.08 bits per heavy atom. The van der Waals surface area contributed by atoms with Gasteiger partial charge in [-0.25, -0.2) is 0 Å². The van der Waals surface area contributed by atoms with Gasteiger partial charge in [-0.3, -0.25) is 9.78 Å². The highest BCUT2D eigenvalue weighted by atomic mass is 16.3. The first-order valence-electron chi connectivity index (χ1n) is 8.14. The molecule has 0 spiro atoms. The maximum Gasteiger partial charge on any atom is 0.256 e. The summed E-state index contributed by atoms with van der Waals surface area (Å²) in [5.74, 6) is 1.15. The smallest absolute Gasteiger partial charge is 0.256 e. The van der Waals surface area contributed by atoms with E-state index in [-0.39, 0.29) is 11.8 Å². The van der Waals surface area contributed by atoms with Crippen molar-refractivity contribution in [1.82, 2.24) is 9.88 Å². The molecule has 0 aliphatic carbocycles. The minimum absolute atomic E-state index is 0.0735. The number of carbonyl (C=O) groups excluding carboxylic acids is 1. The quantitative estimate of drug-likeness (QED) is 0.718. The van der Waals surface area contributed by atoms with E-state index in [1.165, 1.54) is 5.56 Å². The van der Waals surface area contributed by atoms with Gasteiger partial charge in [-0.1, -0.05) is 30.3 Å². The zero-order valence-corrected chi connectivity index (χ0v) is 13.3. The average molecular weight is 318 g/mol. The van der Waals surface area contributed by atoms with Crippen LogP contribution in [-0.4, -0.2) is 22.3 Å². The zero-order chi connectivity index (χ0) is 16.4. The molecule has 3 heterocycles. The molecule has 0 saturated carbocycles. The maximum absolute atomic E-state index is 12.5. The van der Waals surface area contributed by atoms with Crippen LogP contribution in [0.25, 0.3) is 0 Å². The zero-order valence-electron chi connectivity index (χ0n) is 13.3. The molecule has 0 fully saturated rings. The van der Waals surface area contributed by atoms with Gasteiger partial charge in [-0.15, -0.1) is 0 Å². The Labute approximate surface area is 140 Å². The van der Waals surface area contributed by atoms with Gasteiger partial charge in [0, 0.05) is 18.7 Å². The first kappa shape index (κ1) is 14.7. The van der Waals surface area contributed by atoms with Crippen LogP contribution in [0.5, 0.6) is 0 Å². The number of carbonyl (C=O) groups is 1. The van der Waals surface area contributed by atoms with Crippen LogP contribution in [0.4, 0.5) is 0 Å². The van der Waals surface area contributed by atoms with Crippen LogP contribution in [0.2, 0.25) is 0 Å². The third-order valence-electron chi connectivity index (χ3n) is 4.52. The molecule has 24 heavy (non-hydrogen) atoms. The van der Waals surface area contributed by atoms with E-state index in [4.69, 9.17) is 4.42 Å².